The monoisotopic (exact) mass is 415 g/mol. The first-order valence-electron chi connectivity index (χ1n) is 9.07. The normalized spacial score (nSPS) is 11.5. The van der Waals surface area contributed by atoms with Crippen LogP contribution in [0.5, 0.6) is 5.75 Å². The lowest BCUT2D eigenvalue weighted by atomic mass is 10.1. The molecule has 0 fully saturated rings. The number of aliphatic hydroxyl groups is 1. The Morgan fingerprint density at radius 1 is 1.17 bits per heavy atom. The van der Waals surface area contributed by atoms with E-state index in [-0.39, 0.29) is 18.7 Å². The van der Waals surface area contributed by atoms with Crippen LogP contribution in [0.25, 0.3) is 16.7 Å². The van der Waals surface area contributed by atoms with E-state index in [1.54, 1.807) is 29.7 Å². The second-order valence-electron chi connectivity index (χ2n) is 6.42. The molecule has 3 rings (SSSR count). The fraction of sp³-hybridized carbons (Fsp3) is 0.182. The number of halogens is 2. The molecule has 0 bridgehead atoms. The first-order valence-corrected chi connectivity index (χ1v) is 9.07. The second-order valence-corrected chi connectivity index (χ2v) is 6.42. The molecule has 156 valence electrons. The summed E-state index contributed by atoms with van der Waals surface area (Å²) in [5.74, 6) is -3.57. The Morgan fingerprint density at radius 2 is 1.87 bits per heavy atom. The number of esters is 1. The fourth-order valence-electron chi connectivity index (χ4n) is 3.18. The molecule has 0 aliphatic rings. The van der Waals surface area contributed by atoms with Crippen molar-refractivity contribution in [3.8, 4) is 5.75 Å². The van der Waals surface area contributed by atoms with E-state index in [0.29, 0.717) is 22.2 Å². The van der Waals surface area contributed by atoms with Crippen LogP contribution >= 0.6 is 0 Å². The Labute approximate surface area is 170 Å². The lowest BCUT2D eigenvalue weighted by Crippen LogP contribution is -2.15. The summed E-state index contributed by atoms with van der Waals surface area (Å²) in [5.41, 5.74) is 1.18. The highest BCUT2D eigenvalue weighted by atomic mass is 19.1. The van der Waals surface area contributed by atoms with Gasteiger partial charge in [0, 0.05) is 30.4 Å². The van der Waals surface area contributed by atoms with Crippen molar-refractivity contribution < 1.29 is 33.0 Å². The summed E-state index contributed by atoms with van der Waals surface area (Å²) >= 11 is 0. The number of carbonyl (C=O) groups is 2. The van der Waals surface area contributed by atoms with Crippen LogP contribution in [0, 0.1) is 11.6 Å². The van der Waals surface area contributed by atoms with Crippen LogP contribution in [0.15, 0.2) is 48.7 Å². The number of hydrogen-bond donors (Lipinski definition) is 1. The van der Waals surface area contributed by atoms with Crippen molar-refractivity contribution in [3.05, 3.63) is 71.4 Å². The molecule has 3 aromatic rings. The minimum atomic E-state index is -1.09. The molecule has 0 atom stereocenters. The molecule has 0 saturated carbocycles. The third-order valence-corrected chi connectivity index (χ3v) is 4.38. The van der Waals surface area contributed by atoms with E-state index < -0.39 is 29.1 Å². The maximum atomic E-state index is 13.6. The van der Waals surface area contributed by atoms with Crippen molar-refractivity contribution in [1.82, 2.24) is 4.57 Å². The summed E-state index contributed by atoms with van der Waals surface area (Å²) in [7, 11) is 1.45. The van der Waals surface area contributed by atoms with Crippen LogP contribution in [0.1, 0.15) is 18.1 Å². The number of carbonyl (C=O) groups excluding carboxylic acids is 2. The molecule has 0 radical (unpaired) electrons. The van der Waals surface area contributed by atoms with Crippen LogP contribution in [-0.2, 0) is 20.9 Å². The summed E-state index contributed by atoms with van der Waals surface area (Å²) in [6.07, 6.45) is 2.28. The minimum Gasteiger partial charge on any atom is -0.507 e. The summed E-state index contributed by atoms with van der Waals surface area (Å²) in [6.45, 7) is 1.68. The Kier molecular flexibility index (Phi) is 6.15. The van der Waals surface area contributed by atoms with Crippen molar-refractivity contribution in [2.45, 2.75) is 13.5 Å². The first kappa shape index (κ1) is 21.0. The average Bonchev–Trinajstić information content (AvgIpc) is 3.06. The smallest absolute Gasteiger partial charge is 0.379 e. The number of hydrogen-bond acceptors (Lipinski definition) is 5. The van der Waals surface area contributed by atoms with E-state index in [1.165, 1.54) is 25.4 Å². The largest absolute Gasteiger partial charge is 0.507 e. The molecule has 2 aromatic carbocycles. The standard InChI is InChI=1S/C22H19F2NO5/c1-3-30-22(28)19(27)10-18(26)16-12-25(11-13-7-14(23)9-15(24)8-13)17-5-4-6-20(29-2)21(16)17/h4-10,12,26H,3,11H2,1-2H3. The van der Waals surface area contributed by atoms with Gasteiger partial charge in [-0.05, 0) is 36.8 Å². The summed E-state index contributed by atoms with van der Waals surface area (Å²) in [6, 6.07) is 8.30. The van der Waals surface area contributed by atoms with Gasteiger partial charge < -0.3 is 19.1 Å². The Bertz CT molecular complexity index is 1130. The number of aliphatic hydroxyl groups excluding tert-OH is 1. The van der Waals surface area contributed by atoms with Crippen molar-refractivity contribution in [2.75, 3.05) is 13.7 Å². The third-order valence-electron chi connectivity index (χ3n) is 4.38. The zero-order chi connectivity index (χ0) is 21.8. The quantitative estimate of drug-likeness (QED) is 0.273. The number of rotatable bonds is 7. The van der Waals surface area contributed by atoms with Crippen LogP contribution in [0.3, 0.4) is 0 Å². The summed E-state index contributed by atoms with van der Waals surface area (Å²) in [4.78, 5) is 23.5. The number of nitrogens with zero attached hydrogens (tertiary/aromatic N) is 1. The molecule has 0 aliphatic heterocycles. The van der Waals surface area contributed by atoms with E-state index in [2.05, 4.69) is 4.74 Å². The van der Waals surface area contributed by atoms with Gasteiger partial charge in [-0.1, -0.05) is 6.07 Å². The predicted octanol–water partition coefficient (Wildman–Crippen LogP) is 4.01. The molecule has 0 saturated heterocycles. The molecule has 1 aromatic heterocycles. The molecule has 0 spiro atoms. The van der Waals surface area contributed by atoms with E-state index in [0.717, 1.165) is 12.1 Å². The van der Waals surface area contributed by atoms with Gasteiger partial charge in [0.05, 0.1) is 24.6 Å². The SMILES string of the molecule is CCOC(=O)C(=O)C=C(O)c1cn(Cc2cc(F)cc(F)c2)c2cccc(OC)c12. The lowest BCUT2D eigenvalue weighted by Gasteiger charge is -2.07. The minimum absolute atomic E-state index is 0.0243. The zero-order valence-electron chi connectivity index (χ0n) is 16.3. The van der Waals surface area contributed by atoms with Crippen molar-refractivity contribution >= 4 is 28.4 Å². The van der Waals surface area contributed by atoms with Crippen LogP contribution in [-0.4, -0.2) is 35.1 Å². The van der Waals surface area contributed by atoms with E-state index >= 15 is 0 Å². The molecular weight excluding hydrogens is 396 g/mol. The summed E-state index contributed by atoms with van der Waals surface area (Å²) < 4.78 is 38.8. The van der Waals surface area contributed by atoms with Gasteiger partial charge in [0.15, 0.2) is 0 Å². The van der Waals surface area contributed by atoms with Gasteiger partial charge in [-0.2, -0.15) is 0 Å². The molecule has 1 heterocycles. The Morgan fingerprint density at radius 3 is 2.50 bits per heavy atom. The number of benzene rings is 2. The number of ketones is 1. The fourth-order valence-corrected chi connectivity index (χ4v) is 3.18. The van der Waals surface area contributed by atoms with E-state index in [9.17, 15) is 23.5 Å². The second kappa shape index (κ2) is 8.77. The van der Waals surface area contributed by atoms with Gasteiger partial charge in [-0.3, -0.25) is 4.79 Å². The molecule has 0 aliphatic carbocycles. The topological polar surface area (TPSA) is 77.8 Å². The zero-order valence-corrected chi connectivity index (χ0v) is 16.3. The van der Waals surface area contributed by atoms with Crippen molar-refractivity contribution in [2.24, 2.45) is 0 Å². The molecule has 8 heteroatoms. The van der Waals surface area contributed by atoms with Crippen molar-refractivity contribution in [1.29, 1.82) is 0 Å². The predicted molar refractivity (Wildman–Crippen MR) is 106 cm³/mol. The molecule has 1 N–H and O–H groups in total. The van der Waals surface area contributed by atoms with Gasteiger partial charge in [0.1, 0.15) is 23.1 Å². The van der Waals surface area contributed by atoms with E-state index in [1.807, 2.05) is 0 Å². The van der Waals surface area contributed by atoms with Crippen molar-refractivity contribution in [3.63, 3.8) is 0 Å². The molecule has 6 nitrogen and oxygen atoms in total. The molecule has 30 heavy (non-hydrogen) atoms. The number of ether oxygens (including phenoxy) is 2. The number of fused-ring (bicyclic) bond motifs is 1. The Hall–Kier alpha value is -3.68. The maximum Gasteiger partial charge on any atom is 0.379 e. The molecule has 0 unspecified atom stereocenters. The molecule has 0 amide bonds. The third kappa shape index (κ3) is 4.32. The Balaban J connectivity index is 2.10. The maximum absolute atomic E-state index is 13.6. The van der Waals surface area contributed by atoms with Crippen LogP contribution in [0.4, 0.5) is 8.78 Å². The lowest BCUT2D eigenvalue weighted by molar-refractivity contribution is -0.151. The highest BCUT2D eigenvalue weighted by Crippen LogP contribution is 2.34. The highest BCUT2D eigenvalue weighted by molar-refractivity contribution is 6.39. The van der Waals surface area contributed by atoms with Gasteiger partial charge >= 0.3 is 5.97 Å². The average molecular weight is 415 g/mol. The number of aromatic nitrogens is 1. The summed E-state index contributed by atoms with van der Waals surface area (Å²) in [5, 5.41) is 11.0. The van der Waals surface area contributed by atoms with Gasteiger partial charge in [-0.25, -0.2) is 13.6 Å². The van der Waals surface area contributed by atoms with Crippen LogP contribution < -0.4 is 4.74 Å². The van der Waals surface area contributed by atoms with Gasteiger partial charge in [0.25, 0.3) is 5.78 Å². The van der Waals surface area contributed by atoms with E-state index in [4.69, 9.17) is 4.74 Å². The van der Waals surface area contributed by atoms with Crippen LogP contribution in [0.2, 0.25) is 0 Å². The first-order chi connectivity index (χ1) is 14.3. The van der Waals surface area contributed by atoms with Gasteiger partial charge in [-0.15, -0.1) is 0 Å². The highest BCUT2D eigenvalue weighted by Gasteiger charge is 2.19. The molecular formula is C22H19F2NO5. The van der Waals surface area contributed by atoms with Gasteiger partial charge in [0.2, 0.25) is 0 Å². The number of methoxy groups -OCH3 is 1.